The van der Waals surface area contributed by atoms with Crippen LogP contribution >= 0.6 is 0 Å². The van der Waals surface area contributed by atoms with Crippen LogP contribution < -0.4 is 0 Å². The first-order valence-electron chi connectivity index (χ1n) is 11.4. The zero-order valence-electron chi connectivity index (χ0n) is 19.1. The third-order valence-electron chi connectivity index (χ3n) is 5.78. The lowest BCUT2D eigenvalue weighted by Crippen LogP contribution is -1.99. The molecule has 0 radical (unpaired) electrons. The number of unbranched alkanes of at least 4 members (excludes halogenated alkanes) is 1. The smallest absolute Gasteiger partial charge is 0.195 e. The molecule has 35 heavy (non-hydrogen) atoms. The monoisotopic (exact) mass is 479 g/mol. The number of aryl methyl sites for hydroxylation is 3. The first-order chi connectivity index (χ1) is 16.9. The van der Waals surface area contributed by atoms with Gasteiger partial charge in [-0.1, -0.05) is 37.3 Å². The van der Waals surface area contributed by atoms with E-state index >= 15 is 0 Å². The normalized spacial score (nSPS) is 10.9. The molecular weight excluding hydrogens is 457 g/mol. The van der Waals surface area contributed by atoms with Gasteiger partial charge in [0.25, 0.3) is 0 Å². The van der Waals surface area contributed by atoms with Crippen LogP contribution in [0.1, 0.15) is 47.7 Å². The Hall–Kier alpha value is -3.72. The fourth-order valence-corrected chi connectivity index (χ4v) is 3.81. The van der Waals surface area contributed by atoms with Crippen molar-refractivity contribution in [3.63, 3.8) is 0 Å². The van der Waals surface area contributed by atoms with Crippen LogP contribution in [0.25, 0.3) is 10.8 Å². The van der Waals surface area contributed by atoms with E-state index in [-0.39, 0.29) is 16.3 Å². The van der Waals surface area contributed by atoms with E-state index < -0.39 is 34.6 Å². The average molecular weight is 479 g/mol. The Bertz CT molecular complexity index is 1410. The maximum atomic E-state index is 14.6. The lowest BCUT2D eigenvalue weighted by Gasteiger charge is -2.06. The maximum absolute atomic E-state index is 14.6. The summed E-state index contributed by atoms with van der Waals surface area (Å²) < 4.78 is 70.0. The second kappa shape index (κ2) is 10.7. The van der Waals surface area contributed by atoms with E-state index in [2.05, 4.69) is 23.7 Å². The number of benzene rings is 3. The van der Waals surface area contributed by atoms with Crippen molar-refractivity contribution >= 4 is 10.8 Å². The van der Waals surface area contributed by atoms with Crippen molar-refractivity contribution in [3.8, 4) is 11.8 Å². The first-order valence-corrected chi connectivity index (χ1v) is 11.4. The summed E-state index contributed by atoms with van der Waals surface area (Å²) in [5.41, 5.74) is 2.38. The Balaban J connectivity index is 1.49. The molecule has 0 fully saturated rings. The molecule has 0 saturated heterocycles. The van der Waals surface area contributed by atoms with Gasteiger partial charge in [0.1, 0.15) is 11.6 Å². The highest BCUT2D eigenvalue weighted by molar-refractivity contribution is 5.84. The lowest BCUT2D eigenvalue weighted by molar-refractivity contribution is 0.453. The summed E-state index contributed by atoms with van der Waals surface area (Å²) in [6.45, 7) is 2.13. The molecule has 0 unspecified atom stereocenters. The SMILES string of the molecule is CCCCc1ccc(CCc2cc(F)c(C#Cc3ccc4c(F)c(F)c(F)cc4c3)c(F)c2)nc1. The molecule has 1 heterocycles. The maximum Gasteiger partial charge on any atom is 0.195 e. The molecule has 0 aliphatic rings. The average Bonchev–Trinajstić information content (AvgIpc) is 2.85. The molecule has 6 heteroatoms. The molecule has 0 spiro atoms. The molecule has 0 atom stereocenters. The van der Waals surface area contributed by atoms with Gasteiger partial charge in [0, 0.05) is 22.8 Å². The van der Waals surface area contributed by atoms with E-state index in [0.29, 0.717) is 18.4 Å². The molecule has 178 valence electrons. The van der Waals surface area contributed by atoms with Gasteiger partial charge in [0.05, 0.1) is 5.56 Å². The summed E-state index contributed by atoms with van der Waals surface area (Å²) in [5, 5.41) is -0.0160. The molecule has 0 aliphatic carbocycles. The molecular formula is C29H22F5N. The van der Waals surface area contributed by atoms with E-state index in [0.717, 1.165) is 31.0 Å². The highest BCUT2D eigenvalue weighted by Gasteiger charge is 2.14. The van der Waals surface area contributed by atoms with E-state index in [1.807, 2.05) is 18.3 Å². The van der Waals surface area contributed by atoms with Crippen molar-refractivity contribution in [3.05, 3.63) is 112 Å². The van der Waals surface area contributed by atoms with Crippen molar-refractivity contribution < 1.29 is 22.0 Å². The van der Waals surface area contributed by atoms with Gasteiger partial charge in [-0.15, -0.1) is 0 Å². The van der Waals surface area contributed by atoms with E-state index in [1.54, 1.807) is 0 Å². The van der Waals surface area contributed by atoms with Gasteiger partial charge in [-0.3, -0.25) is 4.98 Å². The summed E-state index contributed by atoms with van der Waals surface area (Å²) in [6, 6.07) is 11.3. The van der Waals surface area contributed by atoms with Crippen LogP contribution in [-0.4, -0.2) is 4.98 Å². The Labute approximate surface area is 200 Å². The Morgan fingerprint density at radius 2 is 1.49 bits per heavy atom. The second-order valence-electron chi connectivity index (χ2n) is 8.37. The van der Waals surface area contributed by atoms with Gasteiger partial charge in [-0.05, 0) is 78.6 Å². The molecule has 0 N–H and O–H groups in total. The van der Waals surface area contributed by atoms with E-state index in [4.69, 9.17) is 0 Å². The number of hydrogen-bond acceptors (Lipinski definition) is 1. The highest BCUT2D eigenvalue weighted by atomic mass is 19.2. The van der Waals surface area contributed by atoms with Crippen LogP contribution in [0.4, 0.5) is 22.0 Å². The number of aromatic nitrogens is 1. The third kappa shape index (κ3) is 5.68. The molecule has 3 aromatic carbocycles. The van der Waals surface area contributed by atoms with Crippen LogP contribution in [-0.2, 0) is 19.3 Å². The second-order valence-corrected chi connectivity index (χ2v) is 8.37. The van der Waals surface area contributed by atoms with Crippen molar-refractivity contribution in [2.24, 2.45) is 0 Å². The van der Waals surface area contributed by atoms with Crippen LogP contribution in [0.15, 0.2) is 54.7 Å². The lowest BCUT2D eigenvalue weighted by atomic mass is 10.0. The summed E-state index contributed by atoms with van der Waals surface area (Å²) in [7, 11) is 0. The number of pyridine rings is 1. The summed E-state index contributed by atoms with van der Waals surface area (Å²) in [6.07, 6.45) is 6.00. The quantitative estimate of drug-likeness (QED) is 0.159. The minimum Gasteiger partial charge on any atom is -0.261 e. The Kier molecular flexibility index (Phi) is 7.45. The van der Waals surface area contributed by atoms with E-state index in [1.165, 1.54) is 35.9 Å². The van der Waals surface area contributed by atoms with Crippen LogP contribution in [0, 0.1) is 40.9 Å². The molecule has 4 aromatic rings. The van der Waals surface area contributed by atoms with E-state index in [9.17, 15) is 22.0 Å². The van der Waals surface area contributed by atoms with Crippen LogP contribution in [0.2, 0.25) is 0 Å². The van der Waals surface area contributed by atoms with Crippen molar-refractivity contribution in [2.75, 3.05) is 0 Å². The van der Waals surface area contributed by atoms with Gasteiger partial charge >= 0.3 is 0 Å². The van der Waals surface area contributed by atoms with Crippen molar-refractivity contribution in [2.45, 2.75) is 39.0 Å². The van der Waals surface area contributed by atoms with Gasteiger partial charge in [-0.2, -0.15) is 0 Å². The minimum atomic E-state index is -1.56. The standard InChI is InChI=1S/C29H22F5N/c1-2-3-4-19-5-9-22(35-17-19)10-6-20-14-25(30)24(26(31)15-20)12-8-18-7-11-23-21(13-18)16-27(32)29(34)28(23)33/h5,7,9,11,13-17H,2-4,6,10H2,1H3. The Morgan fingerprint density at radius 1 is 0.714 bits per heavy atom. The third-order valence-corrected chi connectivity index (χ3v) is 5.78. The fourth-order valence-electron chi connectivity index (χ4n) is 3.81. The molecule has 0 aliphatic heterocycles. The molecule has 4 rings (SSSR count). The number of halogens is 5. The van der Waals surface area contributed by atoms with Crippen LogP contribution in [0.3, 0.4) is 0 Å². The van der Waals surface area contributed by atoms with Gasteiger partial charge in [-0.25, -0.2) is 22.0 Å². The molecule has 1 nitrogen and oxygen atoms in total. The summed E-state index contributed by atoms with van der Waals surface area (Å²) >= 11 is 0. The highest BCUT2D eigenvalue weighted by Crippen LogP contribution is 2.24. The summed E-state index contributed by atoms with van der Waals surface area (Å²) in [4.78, 5) is 4.43. The van der Waals surface area contributed by atoms with Crippen molar-refractivity contribution in [1.29, 1.82) is 0 Å². The Morgan fingerprint density at radius 3 is 2.17 bits per heavy atom. The molecule has 0 bridgehead atoms. The molecule has 0 amide bonds. The minimum absolute atomic E-state index is 0.0940. The van der Waals surface area contributed by atoms with Gasteiger partial charge < -0.3 is 0 Å². The van der Waals surface area contributed by atoms with Gasteiger partial charge in [0.2, 0.25) is 0 Å². The topological polar surface area (TPSA) is 12.9 Å². The zero-order valence-corrected chi connectivity index (χ0v) is 19.1. The number of hydrogen-bond donors (Lipinski definition) is 0. The largest absolute Gasteiger partial charge is 0.261 e. The number of nitrogens with zero attached hydrogens (tertiary/aromatic N) is 1. The predicted octanol–water partition coefficient (Wildman–Crippen LogP) is 7.46. The van der Waals surface area contributed by atoms with Crippen molar-refractivity contribution in [1.82, 2.24) is 4.98 Å². The first kappa shape index (κ1) is 24.4. The fraction of sp³-hybridized carbons (Fsp3) is 0.207. The zero-order chi connectivity index (χ0) is 24.9. The molecule has 0 saturated carbocycles. The number of rotatable bonds is 6. The van der Waals surface area contributed by atoms with Gasteiger partial charge in [0.15, 0.2) is 17.5 Å². The predicted molar refractivity (Wildman–Crippen MR) is 126 cm³/mol. The van der Waals surface area contributed by atoms with Crippen LogP contribution in [0.5, 0.6) is 0 Å². The summed E-state index contributed by atoms with van der Waals surface area (Å²) in [5.74, 6) is -0.708. The number of fused-ring (bicyclic) bond motifs is 1. The molecule has 1 aromatic heterocycles.